The predicted molar refractivity (Wildman–Crippen MR) is 172 cm³/mol. The number of aryl methyl sites for hydroxylation is 2. The minimum absolute atomic E-state index is 0. The molecule has 0 N–H and O–H groups in total. The van der Waals surface area contributed by atoms with Crippen molar-refractivity contribution in [2.75, 3.05) is 0 Å². The molecule has 0 spiro atoms. The normalized spacial score (nSPS) is 16.8. The van der Waals surface area contributed by atoms with Gasteiger partial charge in [-0.25, -0.2) is 0 Å². The minimum Gasteiger partial charge on any atom is -1.00 e. The molecule has 4 heteroatoms. The van der Waals surface area contributed by atoms with Gasteiger partial charge in [-0.2, -0.15) is 21.5 Å². The van der Waals surface area contributed by atoms with Gasteiger partial charge in [0.25, 0.3) is 0 Å². The van der Waals surface area contributed by atoms with Gasteiger partial charge in [0.2, 0.25) is 0 Å². The van der Waals surface area contributed by atoms with Gasteiger partial charge in [0.15, 0.2) is 0 Å². The van der Waals surface area contributed by atoms with Crippen LogP contribution in [0.4, 0.5) is 0 Å². The Morgan fingerprint density at radius 3 is 1.33 bits per heavy atom. The SMILES string of the molecule is CCc1[cH-]c2c(c1[Si](C)(C)c1c(CC)[cH-]c3c1C(c1ccccc1)C=CC=C3)C(c1ccccc1)C=CC=C2.[Cl-].[Cl-].[Zr+4]. The second kappa shape index (κ2) is 14.5. The topological polar surface area (TPSA) is 0 Å². The molecule has 0 saturated carbocycles. The van der Waals surface area contributed by atoms with Gasteiger partial charge in [0.1, 0.15) is 0 Å². The van der Waals surface area contributed by atoms with Crippen LogP contribution < -0.4 is 35.2 Å². The average molecular weight is 685 g/mol. The molecule has 6 rings (SSSR count). The molecule has 0 fully saturated rings. The van der Waals surface area contributed by atoms with Gasteiger partial charge < -0.3 is 24.8 Å². The molecule has 0 amide bonds. The van der Waals surface area contributed by atoms with Crippen LogP contribution in [-0.4, -0.2) is 8.07 Å². The van der Waals surface area contributed by atoms with Crippen LogP contribution in [0.25, 0.3) is 12.2 Å². The zero-order valence-electron chi connectivity index (χ0n) is 24.9. The van der Waals surface area contributed by atoms with Crippen LogP contribution >= 0.6 is 0 Å². The fraction of sp³-hybridized carbons (Fsp3) is 0.211. The van der Waals surface area contributed by atoms with Gasteiger partial charge in [0, 0.05) is 8.07 Å². The van der Waals surface area contributed by atoms with Gasteiger partial charge in [-0.1, -0.05) is 112 Å². The van der Waals surface area contributed by atoms with E-state index in [4.69, 9.17) is 0 Å². The van der Waals surface area contributed by atoms with Crippen molar-refractivity contribution in [1.29, 1.82) is 0 Å². The average Bonchev–Trinajstić information content (AvgIpc) is 3.38. The zero-order valence-corrected chi connectivity index (χ0v) is 29.8. The third-order valence-corrected chi connectivity index (χ3v) is 12.5. The Kier molecular flexibility index (Phi) is 11.8. The van der Waals surface area contributed by atoms with Crippen LogP contribution in [0.5, 0.6) is 0 Å². The summed E-state index contributed by atoms with van der Waals surface area (Å²) in [7, 11) is -2.17. The van der Waals surface area contributed by atoms with E-state index in [0.29, 0.717) is 0 Å². The van der Waals surface area contributed by atoms with E-state index in [2.05, 4.69) is 148 Å². The first-order valence-electron chi connectivity index (χ1n) is 14.5. The van der Waals surface area contributed by atoms with E-state index < -0.39 is 8.07 Å². The Morgan fingerprint density at radius 2 is 0.976 bits per heavy atom. The van der Waals surface area contributed by atoms with Gasteiger partial charge in [-0.15, -0.1) is 58.7 Å². The van der Waals surface area contributed by atoms with Crippen molar-refractivity contribution in [2.24, 2.45) is 0 Å². The number of hydrogen-bond donors (Lipinski definition) is 0. The van der Waals surface area contributed by atoms with Crippen molar-refractivity contribution in [1.82, 2.24) is 0 Å². The first kappa shape index (κ1) is 34.3. The fourth-order valence-electron chi connectivity index (χ4n) is 7.15. The van der Waals surface area contributed by atoms with Crippen molar-refractivity contribution >= 4 is 30.6 Å². The third-order valence-electron chi connectivity index (χ3n) is 8.79. The van der Waals surface area contributed by atoms with Crippen molar-refractivity contribution in [3.05, 3.63) is 154 Å². The van der Waals surface area contributed by atoms with Gasteiger partial charge >= 0.3 is 26.2 Å². The molecule has 2 unspecified atom stereocenters. The summed E-state index contributed by atoms with van der Waals surface area (Å²) in [5, 5.41) is 3.30. The number of fused-ring (bicyclic) bond motifs is 2. The van der Waals surface area contributed by atoms with Crippen molar-refractivity contribution < 1.29 is 51.0 Å². The maximum Gasteiger partial charge on any atom is 4.00 e. The molecular formula is C38H38Cl2SiZr. The molecule has 2 aliphatic carbocycles. The van der Waals surface area contributed by atoms with E-state index in [1.54, 1.807) is 10.4 Å². The number of benzene rings is 2. The quantitative estimate of drug-likeness (QED) is 0.217. The molecule has 212 valence electrons. The zero-order chi connectivity index (χ0) is 27.0. The van der Waals surface area contributed by atoms with Crippen molar-refractivity contribution in [2.45, 2.75) is 51.6 Å². The predicted octanol–water partition coefficient (Wildman–Crippen LogP) is 2.51. The number of allylic oxidation sites excluding steroid dienone is 6. The monoisotopic (exact) mass is 682 g/mol. The maximum absolute atomic E-state index is 2.62. The Morgan fingerprint density at radius 1 is 0.595 bits per heavy atom. The standard InChI is InChI=1S/C38H38Si.2ClH.Zr/c1-5-27-25-31-21-13-15-23-33(29-17-9-7-10-18-29)35(31)37(27)39(3,4)38-28(6-2)26-32-22-14-16-24-34(36(32)38)30-19-11-8-12-20-30;;;/h7-26,33-34H,5-6H2,1-4H3;2*1H;/q-2;;;+4/p-2. The number of rotatable bonds is 6. The Hall–Kier alpha value is -2.22. The molecule has 0 radical (unpaired) electrons. The van der Waals surface area contributed by atoms with Crippen molar-refractivity contribution in [3.63, 3.8) is 0 Å². The molecule has 0 nitrogen and oxygen atoms in total. The van der Waals surface area contributed by atoms with Crippen LogP contribution in [-0.2, 0) is 39.0 Å². The smallest absolute Gasteiger partial charge is 1.00 e. The Balaban J connectivity index is 0.00000161. The molecule has 0 heterocycles. The van der Waals surface area contributed by atoms with Crippen LogP contribution in [0.1, 0.15) is 70.2 Å². The van der Waals surface area contributed by atoms with Crippen LogP contribution in [0, 0.1) is 0 Å². The summed E-state index contributed by atoms with van der Waals surface area (Å²) < 4.78 is 0. The second-order valence-electron chi connectivity index (χ2n) is 11.4. The van der Waals surface area contributed by atoms with E-state index in [9.17, 15) is 0 Å². The first-order chi connectivity index (χ1) is 19.0. The van der Waals surface area contributed by atoms with Gasteiger partial charge in [0.05, 0.1) is 0 Å². The van der Waals surface area contributed by atoms with Gasteiger partial charge in [-0.05, 0) is 35.8 Å². The molecule has 0 bridgehead atoms. The summed E-state index contributed by atoms with van der Waals surface area (Å²) in [5.74, 6) is 0.531. The Bertz CT molecular complexity index is 1480. The van der Waals surface area contributed by atoms with E-state index in [1.807, 2.05) is 0 Å². The molecule has 0 aromatic heterocycles. The summed E-state index contributed by atoms with van der Waals surface area (Å²) >= 11 is 0. The van der Waals surface area contributed by atoms with E-state index in [0.717, 1.165) is 12.8 Å². The van der Waals surface area contributed by atoms with Crippen LogP contribution in [0.15, 0.2) is 109 Å². The molecular weight excluding hydrogens is 647 g/mol. The molecule has 4 aromatic rings. The minimum atomic E-state index is -2.17. The summed E-state index contributed by atoms with van der Waals surface area (Å²) in [6.07, 6.45) is 20.6. The van der Waals surface area contributed by atoms with Crippen LogP contribution in [0.2, 0.25) is 13.1 Å². The number of hydrogen-bond acceptors (Lipinski definition) is 0. The van der Waals surface area contributed by atoms with E-state index in [-0.39, 0.29) is 62.9 Å². The molecule has 0 saturated heterocycles. The molecule has 2 aliphatic rings. The molecule has 0 aliphatic heterocycles. The van der Waals surface area contributed by atoms with E-state index >= 15 is 0 Å². The molecule has 42 heavy (non-hydrogen) atoms. The summed E-state index contributed by atoms with van der Waals surface area (Å²) in [6.45, 7) is 9.92. The second-order valence-corrected chi connectivity index (χ2v) is 15.7. The van der Waals surface area contributed by atoms with Crippen molar-refractivity contribution in [3.8, 4) is 0 Å². The maximum atomic E-state index is 2.62. The fourth-order valence-corrected chi connectivity index (χ4v) is 11.5. The third kappa shape index (κ3) is 6.07. The van der Waals surface area contributed by atoms with Crippen LogP contribution in [0.3, 0.4) is 0 Å². The van der Waals surface area contributed by atoms with E-state index in [1.165, 1.54) is 44.5 Å². The summed E-state index contributed by atoms with van der Waals surface area (Å²) in [5.41, 5.74) is 11.7. The van der Waals surface area contributed by atoms with Gasteiger partial charge in [-0.3, -0.25) is 0 Å². The molecule has 4 aromatic carbocycles. The molecule has 2 atom stereocenters. The largest absolute Gasteiger partial charge is 4.00 e. The summed E-state index contributed by atoms with van der Waals surface area (Å²) in [6, 6.07) is 27.2. The Labute approximate surface area is 285 Å². The summed E-state index contributed by atoms with van der Waals surface area (Å²) in [4.78, 5) is 0. The first-order valence-corrected chi connectivity index (χ1v) is 17.5. The number of halogens is 2.